The van der Waals surface area contributed by atoms with Crippen LogP contribution in [-0.2, 0) is 0 Å². The Morgan fingerprint density at radius 1 is 1.38 bits per heavy atom. The number of terminal acetylenes is 1. The topological polar surface area (TPSA) is 12.0 Å². The lowest BCUT2D eigenvalue weighted by molar-refractivity contribution is 0.431. The molecular weight excluding hydrogens is 241 g/mol. The monoisotopic (exact) mass is 255 g/mol. The lowest BCUT2D eigenvalue weighted by Crippen LogP contribution is -2.39. The number of hydrogen-bond donors (Lipinski definition) is 1. The largest absolute Gasteiger partial charge is 0.295 e. The Balaban J connectivity index is 2.94. The van der Waals surface area contributed by atoms with Crippen molar-refractivity contribution >= 4 is 23.2 Å². The van der Waals surface area contributed by atoms with Gasteiger partial charge in [-0.25, -0.2) is 0 Å². The minimum absolute atomic E-state index is 0.0530. The maximum Gasteiger partial charge on any atom is 0.0745 e. The van der Waals surface area contributed by atoms with E-state index in [2.05, 4.69) is 11.2 Å². The molecule has 1 aromatic rings. The van der Waals surface area contributed by atoms with Crippen molar-refractivity contribution in [2.24, 2.45) is 0 Å². The van der Waals surface area contributed by atoms with Crippen molar-refractivity contribution in [1.29, 1.82) is 0 Å². The summed E-state index contributed by atoms with van der Waals surface area (Å²) in [7, 11) is 0. The molecule has 16 heavy (non-hydrogen) atoms. The predicted octanol–water partition coefficient (Wildman–Crippen LogP) is 4.06. The summed E-state index contributed by atoms with van der Waals surface area (Å²) in [6, 6.07) is 5.65. The molecule has 0 aliphatic heterocycles. The van der Waals surface area contributed by atoms with Crippen LogP contribution in [0.25, 0.3) is 0 Å². The fraction of sp³-hybridized carbons (Fsp3) is 0.385. The summed E-state index contributed by atoms with van der Waals surface area (Å²) in [6.07, 6.45) is 5.43. The van der Waals surface area contributed by atoms with E-state index in [4.69, 9.17) is 29.6 Å². The first-order chi connectivity index (χ1) is 7.37. The highest BCUT2D eigenvalue weighted by molar-refractivity contribution is 6.42. The van der Waals surface area contributed by atoms with Crippen molar-refractivity contribution < 1.29 is 0 Å². The molecule has 86 valence electrons. The predicted molar refractivity (Wildman–Crippen MR) is 70.9 cm³/mol. The Morgan fingerprint density at radius 2 is 2.00 bits per heavy atom. The molecule has 0 heterocycles. The molecular formula is C13H15Cl2N. The first-order valence-electron chi connectivity index (χ1n) is 5.07. The zero-order chi connectivity index (χ0) is 12.3. The molecule has 0 fully saturated rings. The van der Waals surface area contributed by atoms with Crippen LogP contribution in [0.5, 0.6) is 0 Å². The zero-order valence-electron chi connectivity index (χ0n) is 9.64. The molecule has 1 unspecified atom stereocenters. The van der Waals surface area contributed by atoms with Gasteiger partial charge in [-0.2, -0.15) is 0 Å². The van der Waals surface area contributed by atoms with Crippen LogP contribution in [0, 0.1) is 12.3 Å². The number of hydrogen-bond acceptors (Lipinski definition) is 1. The molecule has 1 rings (SSSR count). The smallest absolute Gasteiger partial charge is 0.0745 e. The molecule has 0 aliphatic carbocycles. The third kappa shape index (κ3) is 3.15. The summed E-state index contributed by atoms with van der Waals surface area (Å²) >= 11 is 12.1. The quantitative estimate of drug-likeness (QED) is 0.804. The average Bonchev–Trinajstić information content (AvgIpc) is 2.21. The fourth-order valence-corrected chi connectivity index (χ4v) is 1.99. The Labute approximate surface area is 107 Å². The number of halogens is 2. The highest BCUT2D eigenvalue weighted by Gasteiger charge is 2.19. The van der Waals surface area contributed by atoms with E-state index >= 15 is 0 Å². The van der Waals surface area contributed by atoms with Gasteiger partial charge in [0.05, 0.1) is 15.6 Å². The summed E-state index contributed by atoms with van der Waals surface area (Å²) in [6.45, 7) is 5.90. The second-order valence-electron chi connectivity index (χ2n) is 4.28. The van der Waals surface area contributed by atoms with E-state index in [1.165, 1.54) is 0 Å². The van der Waals surface area contributed by atoms with Gasteiger partial charge in [0.2, 0.25) is 0 Å². The summed E-state index contributed by atoms with van der Waals surface area (Å²) in [5, 5.41) is 4.45. The summed E-state index contributed by atoms with van der Waals surface area (Å²) in [5.41, 5.74) is 0.586. The van der Waals surface area contributed by atoms with Gasteiger partial charge in [-0.1, -0.05) is 41.3 Å². The van der Waals surface area contributed by atoms with Gasteiger partial charge >= 0.3 is 0 Å². The second-order valence-corrected chi connectivity index (χ2v) is 5.06. The Kier molecular flexibility index (Phi) is 4.27. The highest BCUT2D eigenvalue weighted by Crippen LogP contribution is 2.30. The molecule has 1 N–H and O–H groups in total. The van der Waals surface area contributed by atoms with Crippen LogP contribution < -0.4 is 5.32 Å². The molecule has 0 bridgehead atoms. The highest BCUT2D eigenvalue weighted by atomic mass is 35.5. The van der Waals surface area contributed by atoms with Crippen molar-refractivity contribution in [3.63, 3.8) is 0 Å². The first-order valence-corrected chi connectivity index (χ1v) is 5.82. The van der Waals surface area contributed by atoms with E-state index in [1.54, 1.807) is 6.07 Å². The molecule has 1 atom stereocenters. The van der Waals surface area contributed by atoms with Gasteiger partial charge in [-0.05, 0) is 32.4 Å². The van der Waals surface area contributed by atoms with Crippen LogP contribution in [-0.4, -0.2) is 5.54 Å². The Hall–Kier alpha value is -0.680. The maximum atomic E-state index is 6.14. The summed E-state index contributed by atoms with van der Waals surface area (Å²) < 4.78 is 0. The molecule has 0 saturated carbocycles. The van der Waals surface area contributed by atoms with E-state index in [1.807, 2.05) is 32.9 Å². The third-order valence-electron chi connectivity index (χ3n) is 2.39. The van der Waals surface area contributed by atoms with E-state index in [0.717, 1.165) is 5.56 Å². The molecule has 0 amide bonds. The second kappa shape index (κ2) is 5.10. The van der Waals surface area contributed by atoms with Crippen LogP contribution in [0.15, 0.2) is 18.2 Å². The number of rotatable bonds is 3. The molecule has 3 heteroatoms. The third-order valence-corrected chi connectivity index (χ3v) is 3.22. The van der Waals surface area contributed by atoms with Crippen LogP contribution in [0.1, 0.15) is 32.4 Å². The van der Waals surface area contributed by atoms with Gasteiger partial charge in [0, 0.05) is 6.04 Å². The van der Waals surface area contributed by atoms with Crippen molar-refractivity contribution in [2.75, 3.05) is 0 Å². The van der Waals surface area contributed by atoms with Gasteiger partial charge in [0.1, 0.15) is 0 Å². The van der Waals surface area contributed by atoms with Crippen LogP contribution in [0.2, 0.25) is 10.0 Å². The molecule has 0 spiro atoms. The first kappa shape index (κ1) is 13.4. The molecule has 0 aliphatic rings. The zero-order valence-corrected chi connectivity index (χ0v) is 11.2. The van der Waals surface area contributed by atoms with Crippen molar-refractivity contribution in [3.8, 4) is 12.3 Å². The van der Waals surface area contributed by atoms with Crippen molar-refractivity contribution in [3.05, 3.63) is 33.8 Å². The molecule has 0 aromatic heterocycles. The van der Waals surface area contributed by atoms with Gasteiger partial charge < -0.3 is 0 Å². The van der Waals surface area contributed by atoms with Crippen LogP contribution in [0.3, 0.4) is 0 Å². The minimum atomic E-state index is -0.370. The standard InChI is InChI=1S/C13H15Cl2N/c1-5-13(3,4)16-9(2)10-7-6-8-11(14)12(10)15/h1,6-9,16H,2-4H3. The van der Waals surface area contributed by atoms with Crippen LogP contribution in [0.4, 0.5) is 0 Å². The normalized spacial score (nSPS) is 13.2. The van der Waals surface area contributed by atoms with Crippen LogP contribution >= 0.6 is 23.2 Å². The van der Waals surface area contributed by atoms with Crippen molar-refractivity contribution in [2.45, 2.75) is 32.4 Å². The van der Waals surface area contributed by atoms with E-state index in [9.17, 15) is 0 Å². The van der Waals surface area contributed by atoms with Gasteiger partial charge in [0.15, 0.2) is 0 Å². The lowest BCUT2D eigenvalue weighted by atomic mass is 10.0. The van der Waals surface area contributed by atoms with E-state index in [-0.39, 0.29) is 11.6 Å². The Bertz CT molecular complexity index is 418. The van der Waals surface area contributed by atoms with Gasteiger partial charge in [-0.15, -0.1) is 6.42 Å². The summed E-state index contributed by atoms with van der Waals surface area (Å²) in [5.74, 6) is 2.69. The molecule has 1 aromatic carbocycles. The number of nitrogens with one attached hydrogen (secondary N) is 1. The summed E-state index contributed by atoms with van der Waals surface area (Å²) in [4.78, 5) is 0. The SMILES string of the molecule is C#CC(C)(C)NC(C)c1cccc(Cl)c1Cl. The minimum Gasteiger partial charge on any atom is -0.295 e. The van der Waals surface area contributed by atoms with Gasteiger partial charge in [-0.3, -0.25) is 5.32 Å². The lowest BCUT2D eigenvalue weighted by Gasteiger charge is -2.26. The van der Waals surface area contributed by atoms with E-state index < -0.39 is 0 Å². The average molecular weight is 256 g/mol. The molecule has 0 radical (unpaired) electrons. The maximum absolute atomic E-state index is 6.14. The van der Waals surface area contributed by atoms with Crippen molar-refractivity contribution in [1.82, 2.24) is 5.32 Å². The Morgan fingerprint density at radius 3 is 2.56 bits per heavy atom. The molecule has 0 saturated heterocycles. The number of benzene rings is 1. The van der Waals surface area contributed by atoms with Gasteiger partial charge in [0.25, 0.3) is 0 Å². The van der Waals surface area contributed by atoms with E-state index in [0.29, 0.717) is 10.0 Å². The fourth-order valence-electron chi connectivity index (χ4n) is 1.52. The molecule has 1 nitrogen and oxygen atoms in total.